The number of rotatable bonds is 4. The van der Waals surface area contributed by atoms with Gasteiger partial charge in [-0.05, 0) is 18.6 Å². The number of aromatic hydroxyl groups is 1. The molecule has 0 aromatic heterocycles. The second-order valence-corrected chi connectivity index (χ2v) is 5.24. The lowest BCUT2D eigenvalue weighted by molar-refractivity contribution is -0.128. The molecule has 1 amide bonds. The molecule has 1 heterocycles. The van der Waals surface area contributed by atoms with Gasteiger partial charge in [0.25, 0.3) is 0 Å². The molecule has 19 heavy (non-hydrogen) atoms. The Morgan fingerprint density at radius 3 is 2.95 bits per heavy atom. The number of amides is 1. The minimum absolute atomic E-state index is 0.0447. The smallest absolute Gasteiger partial charge is 0.223 e. The van der Waals surface area contributed by atoms with Gasteiger partial charge in [-0.3, -0.25) is 4.79 Å². The average molecular weight is 284 g/mol. The maximum atomic E-state index is 11.9. The first-order valence-electron chi connectivity index (χ1n) is 6.29. The van der Waals surface area contributed by atoms with E-state index >= 15 is 0 Å². The predicted molar refractivity (Wildman–Crippen MR) is 73.7 cm³/mol. The molecule has 4 nitrogen and oxygen atoms in total. The molecule has 0 radical (unpaired) electrons. The molecule has 1 aromatic carbocycles. The summed E-state index contributed by atoms with van der Waals surface area (Å²) < 4.78 is 4.99. The zero-order valence-corrected chi connectivity index (χ0v) is 11.9. The van der Waals surface area contributed by atoms with Crippen LogP contribution in [0.15, 0.2) is 12.1 Å². The maximum Gasteiger partial charge on any atom is 0.223 e. The fraction of sp³-hybridized carbons (Fsp3) is 0.500. The van der Waals surface area contributed by atoms with Gasteiger partial charge in [0, 0.05) is 38.1 Å². The molecule has 0 aliphatic carbocycles. The number of carbonyl (C=O) groups excluding carboxylic acids is 1. The van der Waals surface area contributed by atoms with Gasteiger partial charge in [-0.1, -0.05) is 17.7 Å². The molecule has 1 unspecified atom stereocenters. The zero-order valence-electron chi connectivity index (χ0n) is 11.1. The van der Waals surface area contributed by atoms with Crippen LogP contribution in [0.3, 0.4) is 0 Å². The van der Waals surface area contributed by atoms with Crippen LogP contribution >= 0.6 is 11.6 Å². The number of nitrogens with zero attached hydrogens (tertiary/aromatic N) is 1. The molecule has 104 valence electrons. The first kappa shape index (κ1) is 14.2. The summed E-state index contributed by atoms with van der Waals surface area (Å²) in [5.74, 6) is 0.206. The topological polar surface area (TPSA) is 49.8 Å². The largest absolute Gasteiger partial charge is 0.508 e. The fourth-order valence-corrected chi connectivity index (χ4v) is 2.78. The third-order valence-electron chi connectivity index (χ3n) is 3.54. The van der Waals surface area contributed by atoms with Gasteiger partial charge in [0.15, 0.2) is 0 Å². The van der Waals surface area contributed by atoms with Gasteiger partial charge in [0.2, 0.25) is 5.91 Å². The highest BCUT2D eigenvalue weighted by Crippen LogP contribution is 2.39. The highest BCUT2D eigenvalue weighted by atomic mass is 35.5. The number of halogens is 1. The number of benzene rings is 1. The monoisotopic (exact) mass is 283 g/mol. The molecular weight excluding hydrogens is 266 g/mol. The molecule has 1 aliphatic heterocycles. The van der Waals surface area contributed by atoms with E-state index < -0.39 is 0 Å². The van der Waals surface area contributed by atoms with Crippen molar-refractivity contribution in [3.8, 4) is 5.75 Å². The summed E-state index contributed by atoms with van der Waals surface area (Å²) in [6.45, 7) is 3.58. The lowest BCUT2D eigenvalue weighted by Crippen LogP contribution is -2.28. The molecule has 1 aromatic rings. The van der Waals surface area contributed by atoms with Crippen molar-refractivity contribution < 1.29 is 14.6 Å². The summed E-state index contributed by atoms with van der Waals surface area (Å²) in [7, 11) is 1.61. The van der Waals surface area contributed by atoms with E-state index in [1.54, 1.807) is 24.1 Å². The normalized spacial score (nSPS) is 19.2. The second-order valence-electron chi connectivity index (χ2n) is 4.86. The van der Waals surface area contributed by atoms with Crippen LogP contribution in [0.4, 0.5) is 0 Å². The van der Waals surface area contributed by atoms with Crippen molar-refractivity contribution in [2.45, 2.75) is 19.3 Å². The molecular formula is C14H18ClNO3. The van der Waals surface area contributed by atoms with Crippen molar-refractivity contribution in [1.82, 2.24) is 4.90 Å². The van der Waals surface area contributed by atoms with E-state index in [9.17, 15) is 9.90 Å². The minimum Gasteiger partial charge on any atom is -0.508 e. The quantitative estimate of drug-likeness (QED) is 0.922. The van der Waals surface area contributed by atoms with Crippen LogP contribution in [0, 0.1) is 6.92 Å². The molecule has 2 rings (SSSR count). The van der Waals surface area contributed by atoms with Crippen molar-refractivity contribution in [1.29, 1.82) is 0 Å². The summed E-state index contributed by atoms with van der Waals surface area (Å²) in [4.78, 5) is 13.7. The van der Waals surface area contributed by atoms with Crippen LogP contribution in [0.5, 0.6) is 5.75 Å². The standard InChI is InChI=1S/C14H18ClNO3/c1-9-3-4-11(17)13(14(9)15)10-7-12(18)16(8-10)5-6-19-2/h3-4,10,17H,5-8H2,1-2H3. The van der Waals surface area contributed by atoms with Crippen LogP contribution in [0.2, 0.25) is 5.02 Å². The number of aryl methyl sites for hydroxylation is 1. The van der Waals surface area contributed by atoms with Crippen LogP contribution in [-0.4, -0.2) is 42.7 Å². The predicted octanol–water partition coefficient (Wildman–Crippen LogP) is 2.32. The Balaban J connectivity index is 2.21. The Labute approximate surface area is 117 Å². The second kappa shape index (κ2) is 5.80. The Bertz CT molecular complexity index is 490. The van der Waals surface area contributed by atoms with E-state index in [-0.39, 0.29) is 17.6 Å². The van der Waals surface area contributed by atoms with Crippen molar-refractivity contribution in [2.75, 3.05) is 26.8 Å². The number of phenolic OH excluding ortho intramolecular Hbond substituents is 1. The van der Waals surface area contributed by atoms with E-state index in [1.807, 2.05) is 6.92 Å². The Morgan fingerprint density at radius 1 is 1.53 bits per heavy atom. The van der Waals surface area contributed by atoms with Crippen molar-refractivity contribution in [2.24, 2.45) is 0 Å². The number of ether oxygens (including phenoxy) is 1. The number of carbonyl (C=O) groups is 1. The molecule has 1 saturated heterocycles. The number of hydrogen-bond acceptors (Lipinski definition) is 3. The molecule has 0 saturated carbocycles. The summed E-state index contributed by atoms with van der Waals surface area (Å²) in [5.41, 5.74) is 1.60. The Kier molecular flexibility index (Phi) is 4.32. The van der Waals surface area contributed by atoms with Crippen LogP contribution < -0.4 is 0 Å². The number of methoxy groups -OCH3 is 1. The maximum absolute atomic E-state index is 11.9. The minimum atomic E-state index is -0.0447. The summed E-state index contributed by atoms with van der Waals surface area (Å²) in [6, 6.07) is 3.42. The lowest BCUT2D eigenvalue weighted by atomic mass is 9.95. The van der Waals surface area contributed by atoms with Gasteiger partial charge in [-0.2, -0.15) is 0 Å². The molecule has 0 spiro atoms. The SMILES string of the molecule is COCCN1CC(c2c(O)ccc(C)c2Cl)CC1=O. The highest BCUT2D eigenvalue weighted by molar-refractivity contribution is 6.32. The lowest BCUT2D eigenvalue weighted by Gasteiger charge is -2.18. The van der Waals surface area contributed by atoms with E-state index in [1.165, 1.54) is 0 Å². The van der Waals surface area contributed by atoms with Crippen molar-refractivity contribution >= 4 is 17.5 Å². The number of likely N-dealkylation sites (tertiary alicyclic amines) is 1. The van der Waals surface area contributed by atoms with Gasteiger partial charge in [0.1, 0.15) is 5.75 Å². The van der Waals surface area contributed by atoms with Gasteiger partial charge in [-0.25, -0.2) is 0 Å². The van der Waals surface area contributed by atoms with E-state index in [4.69, 9.17) is 16.3 Å². The van der Waals surface area contributed by atoms with Crippen LogP contribution in [0.25, 0.3) is 0 Å². The first-order valence-corrected chi connectivity index (χ1v) is 6.67. The third kappa shape index (κ3) is 2.85. The fourth-order valence-electron chi connectivity index (χ4n) is 2.46. The van der Waals surface area contributed by atoms with E-state index in [0.29, 0.717) is 36.7 Å². The van der Waals surface area contributed by atoms with Gasteiger partial charge in [-0.15, -0.1) is 0 Å². The van der Waals surface area contributed by atoms with Crippen molar-refractivity contribution in [3.63, 3.8) is 0 Å². The first-order chi connectivity index (χ1) is 9.04. The Morgan fingerprint density at radius 2 is 2.26 bits per heavy atom. The van der Waals surface area contributed by atoms with Crippen LogP contribution in [-0.2, 0) is 9.53 Å². The molecule has 1 aliphatic rings. The molecule has 1 fully saturated rings. The van der Waals surface area contributed by atoms with Gasteiger partial charge >= 0.3 is 0 Å². The van der Waals surface area contributed by atoms with E-state index in [0.717, 1.165) is 5.56 Å². The highest BCUT2D eigenvalue weighted by Gasteiger charge is 2.33. The summed E-state index contributed by atoms with van der Waals surface area (Å²) >= 11 is 6.26. The molecule has 1 N–H and O–H groups in total. The summed E-state index contributed by atoms with van der Waals surface area (Å²) in [6.07, 6.45) is 0.389. The molecule has 1 atom stereocenters. The van der Waals surface area contributed by atoms with Gasteiger partial charge < -0.3 is 14.7 Å². The average Bonchev–Trinajstić information content (AvgIpc) is 2.73. The Hall–Kier alpha value is -1.26. The van der Waals surface area contributed by atoms with Crippen molar-refractivity contribution in [3.05, 3.63) is 28.3 Å². The summed E-state index contributed by atoms with van der Waals surface area (Å²) in [5, 5.41) is 10.5. The molecule has 0 bridgehead atoms. The third-order valence-corrected chi connectivity index (χ3v) is 4.04. The number of hydrogen-bond donors (Lipinski definition) is 1. The van der Waals surface area contributed by atoms with Gasteiger partial charge in [0.05, 0.1) is 11.6 Å². The number of phenols is 1. The van der Waals surface area contributed by atoms with E-state index in [2.05, 4.69) is 0 Å². The molecule has 5 heteroatoms. The van der Waals surface area contributed by atoms with Crippen LogP contribution in [0.1, 0.15) is 23.5 Å². The zero-order chi connectivity index (χ0) is 14.0.